The highest BCUT2D eigenvalue weighted by atomic mass is 32.2. The smallest absolute Gasteiger partial charge is 0.267 e. The molecule has 0 radical (unpaired) electrons. The van der Waals surface area contributed by atoms with Crippen LogP contribution in [-0.2, 0) is 21.4 Å². The number of carbonyl (C=O) groups is 1. The van der Waals surface area contributed by atoms with Crippen LogP contribution in [0.1, 0.15) is 25.0 Å². The van der Waals surface area contributed by atoms with Crippen LogP contribution in [0.3, 0.4) is 0 Å². The summed E-state index contributed by atoms with van der Waals surface area (Å²) in [5.74, 6) is -0.141. The van der Waals surface area contributed by atoms with E-state index in [9.17, 15) is 13.2 Å². The quantitative estimate of drug-likeness (QED) is 0.371. The summed E-state index contributed by atoms with van der Waals surface area (Å²) in [6.07, 6.45) is 5.31. The summed E-state index contributed by atoms with van der Waals surface area (Å²) >= 11 is 0. The lowest BCUT2D eigenvalue weighted by Crippen LogP contribution is -2.19. The van der Waals surface area contributed by atoms with Crippen LogP contribution in [0.15, 0.2) is 53.7 Å². The van der Waals surface area contributed by atoms with Crippen molar-refractivity contribution in [1.82, 2.24) is 14.8 Å². The molecule has 0 aliphatic rings. The first-order chi connectivity index (χ1) is 12.3. The van der Waals surface area contributed by atoms with Gasteiger partial charge < -0.3 is 5.32 Å². The zero-order valence-electron chi connectivity index (χ0n) is 14.7. The number of hydrogen-bond donors (Lipinski definition) is 3. The monoisotopic (exact) mass is 377 g/mol. The van der Waals surface area contributed by atoms with Crippen molar-refractivity contribution in [1.29, 1.82) is 0 Å². The molecule has 3 N–H and O–H groups in total. The Bertz CT molecular complexity index is 868. The van der Waals surface area contributed by atoms with E-state index < -0.39 is 15.9 Å². The summed E-state index contributed by atoms with van der Waals surface area (Å²) < 4.78 is 26.4. The Morgan fingerprint density at radius 1 is 1.23 bits per heavy atom. The Morgan fingerprint density at radius 2 is 1.92 bits per heavy atom. The number of hydroxylamine groups is 1. The Hall–Kier alpha value is -2.42. The van der Waals surface area contributed by atoms with Gasteiger partial charge in [0, 0.05) is 25.0 Å². The second-order valence-electron chi connectivity index (χ2n) is 6.26. The number of carbonyl (C=O) groups excluding carboxylic acids is 1. The lowest BCUT2D eigenvalue weighted by atomic mass is 10.2. The normalized spacial score (nSPS) is 12.0. The lowest BCUT2D eigenvalue weighted by molar-refractivity contribution is -0.124. The number of nitrogens with one attached hydrogen (secondary N) is 2. The van der Waals surface area contributed by atoms with Crippen LogP contribution in [0.2, 0.25) is 0 Å². The molecule has 7 nitrogen and oxygen atoms in total. The average molecular weight is 377 g/mol. The van der Waals surface area contributed by atoms with Crippen LogP contribution >= 0.6 is 0 Å². The summed E-state index contributed by atoms with van der Waals surface area (Å²) in [4.78, 5) is 11.2. The Balaban J connectivity index is 2.11. The van der Waals surface area contributed by atoms with E-state index in [1.165, 1.54) is 23.9 Å². The molecule has 0 aliphatic carbocycles. The van der Waals surface area contributed by atoms with Gasteiger partial charge in [0.1, 0.15) is 0 Å². The second kappa shape index (κ2) is 8.79. The predicted octanol–water partition coefficient (Wildman–Crippen LogP) is 1.99. The van der Waals surface area contributed by atoms with Crippen LogP contribution in [0.5, 0.6) is 0 Å². The van der Waals surface area contributed by atoms with E-state index in [-0.39, 0.29) is 4.90 Å². The van der Waals surface area contributed by atoms with Crippen LogP contribution < -0.4 is 10.8 Å². The maximum atomic E-state index is 12.7. The van der Waals surface area contributed by atoms with Crippen molar-refractivity contribution >= 4 is 22.0 Å². The van der Waals surface area contributed by atoms with E-state index in [0.29, 0.717) is 18.0 Å². The summed E-state index contributed by atoms with van der Waals surface area (Å²) in [6, 6.07) is 8.29. The molecule has 2 rings (SSSR count). The van der Waals surface area contributed by atoms with Crippen LogP contribution in [0.4, 0.5) is 0 Å². The van der Waals surface area contributed by atoms with Gasteiger partial charge in [0.2, 0.25) is 0 Å². The first kappa shape index (κ1) is 19.9. The molecular formula is C18H23N3O4S. The Labute approximate surface area is 153 Å². The molecular weight excluding hydrogens is 354 g/mol. The topological polar surface area (TPSA) is 100 Å². The van der Waals surface area contributed by atoms with Gasteiger partial charge >= 0.3 is 0 Å². The molecule has 1 aromatic heterocycles. The van der Waals surface area contributed by atoms with Crippen molar-refractivity contribution < 1.29 is 18.4 Å². The zero-order valence-corrected chi connectivity index (χ0v) is 15.5. The number of amides is 1. The molecule has 0 aliphatic heterocycles. The molecule has 0 saturated carbocycles. The number of benzene rings is 1. The van der Waals surface area contributed by atoms with Gasteiger partial charge in [0.25, 0.3) is 15.9 Å². The summed E-state index contributed by atoms with van der Waals surface area (Å²) in [5, 5.41) is 11.8. The maximum absolute atomic E-state index is 12.7. The molecule has 8 heteroatoms. The molecule has 0 bridgehead atoms. The molecule has 0 fully saturated rings. The molecule has 0 spiro atoms. The molecule has 140 valence electrons. The highest BCUT2D eigenvalue weighted by Crippen LogP contribution is 2.17. The molecule has 1 amide bonds. The van der Waals surface area contributed by atoms with Gasteiger partial charge in [0.05, 0.1) is 4.90 Å². The minimum atomic E-state index is -3.70. The third-order valence-corrected chi connectivity index (χ3v) is 5.26. The predicted molar refractivity (Wildman–Crippen MR) is 99.0 cm³/mol. The van der Waals surface area contributed by atoms with Crippen LogP contribution in [-0.4, -0.2) is 30.0 Å². The van der Waals surface area contributed by atoms with E-state index in [1.807, 2.05) is 0 Å². The SMILES string of the molecule is CC(C)CNCc1ccc(S(=O)(=O)n2ccc(C=CC(=O)NO)c2)cc1. The van der Waals surface area contributed by atoms with E-state index in [2.05, 4.69) is 19.2 Å². The first-order valence-corrected chi connectivity index (χ1v) is 9.62. The maximum Gasteiger partial charge on any atom is 0.267 e. The van der Waals surface area contributed by atoms with Crippen molar-refractivity contribution in [2.24, 2.45) is 5.92 Å². The fourth-order valence-corrected chi connectivity index (χ4v) is 3.46. The lowest BCUT2D eigenvalue weighted by Gasteiger charge is -2.09. The highest BCUT2D eigenvalue weighted by Gasteiger charge is 2.16. The second-order valence-corrected chi connectivity index (χ2v) is 8.10. The van der Waals surface area contributed by atoms with Crippen molar-refractivity contribution in [3.8, 4) is 0 Å². The minimum absolute atomic E-state index is 0.185. The van der Waals surface area contributed by atoms with Crippen molar-refractivity contribution in [3.05, 3.63) is 59.9 Å². The van der Waals surface area contributed by atoms with Crippen LogP contribution in [0, 0.1) is 5.92 Å². The van der Waals surface area contributed by atoms with Gasteiger partial charge in [-0.05, 0) is 47.9 Å². The molecule has 26 heavy (non-hydrogen) atoms. The largest absolute Gasteiger partial charge is 0.312 e. The summed E-state index contributed by atoms with van der Waals surface area (Å²) in [5.41, 5.74) is 3.00. The van der Waals surface area contributed by atoms with E-state index in [1.54, 1.807) is 30.3 Å². The van der Waals surface area contributed by atoms with Gasteiger partial charge in [-0.2, -0.15) is 0 Å². The molecule has 1 aromatic carbocycles. The number of rotatable bonds is 8. The Kier molecular flexibility index (Phi) is 6.73. The Morgan fingerprint density at radius 3 is 2.54 bits per heavy atom. The fourth-order valence-electron chi connectivity index (χ4n) is 2.26. The highest BCUT2D eigenvalue weighted by molar-refractivity contribution is 7.90. The third-order valence-electron chi connectivity index (χ3n) is 3.61. The van der Waals surface area contributed by atoms with Crippen molar-refractivity contribution in [2.75, 3.05) is 6.54 Å². The average Bonchev–Trinajstić information content (AvgIpc) is 3.09. The molecule has 2 aromatic rings. The van der Waals surface area contributed by atoms with E-state index in [4.69, 9.17) is 5.21 Å². The minimum Gasteiger partial charge on any atom is -0.312 e. The van der Waals surface area contributed by atoms with E-state index >= 15 is 0 Å². The van der Waals surface area contributed by atoms with Crippen molar-refractivity contribution in [3.63, 3.8) is 0 Å². The van der Waals surface area contributed by atoms with Gasteiger partial charge in [-0.3, -0.25) is 10.0 Å². The standard InChI is InChI=1S/C18H23N3O4S/c1-14(2)11-19-12-15-3-6-17(7-4-15)26(24,25)21-10-9-16(13-21)5-8-18(22)20-23/h3-10,13-14,19,23H,11-12H2,1-2H3,(H,20,22). The fraction of sp³-hybridized carbons (Fsp3) is 0.278. The van der Waals surface area contributed by atoms with Gasteiger partial charge in [-0.15, -0.1) is 0 Å². The van der Waals surface area contributed by atoms with Gasteiger partial charge in [0.15, 0.2) is 0 Å². The zero-order chi connectivity index (χ0) is 19.2. The third kappa shape index (κ3) is 5.29. The summed E-state index contributed by atoms with van der Waals surface area (Å²) in [7, 11) is -3.70. The molecule has 1 heterocycles. The van der Waals surface area contributed by atoms with Gasteiger partial charge in [-0.1, -0.05) is 26.0 Å². The van der Waals surface area contributed by atoms with Gasteiger partial charge in [-0.25, -0.2) is 17.9 Å². The molecule has 0 saturated heterocycles. The van der Waals surface area contributed by atoms with Crippen molar-refractivity contribution in [2.45, 2.75) is 25.3 Å². The number of nitrogens with zero attached hydrogens (tertiary/aromatic N) is 1. The van der Waals surface area contributed by atoms with Crippen LogP contribution in [0.25, 0.3) is 6.08 Å². The summed E-state index contributed by atoms with van der Waals surface area (Å²) in [6.45, 7) is 5.83. The molecule has 0 atom stereocenters. The molecule has 0 unspecified atom stereocenters. The number of aromatic nitrogens is 1. The first-order valence-electron chi connectivity index (χ1n) is 8.18. The number of hydrogen-bond acceptors (Lipinski definition) is 5. The van der Waals surface area contributed by atoms with E-state index in [0.717, 1.165) is 22.2 Å².